The van der Waals surface area contributed by atoms with Crippen molar-refractivity contribution in [2.45, 2.75) is 20.4 Å². The summed E-state index contributed by atoms with van der Waals surface area (Å²) >= 11 is 0. The maximum Gasteiger partial charge on any atom is 0.319 e. The number of hydrogen-bond donors (Lipinski definition) is 1. The molecule has 0 aliphatic rings. The van der Waals surface area contributed by atoms with Crippen molar-refractivity contribution in [1.82, 2.24) is 14.3 Å². The van der Waals surface area contributed by atoms with E-state index in [0.29, 0.717) is 21.6 Å². The second kappa shape index (κ2) is 4.83. The van der Waals surface area contributed by atoms with Crippen molar-refractivity contribution >= 4 is 11.6 Å². The first-order chi connectivity index (χ1) is 8.90. The molecule has 0 bridgehead atoms. The Balaban J connectivity index is 2.28. The predicted molar refractivity (Wildman–Crippen MR) is 66.3 cm³/mol. The zero-order chi connectivity index (χ0) is 14.2. The summed E-state index contributed by atoms with van der Waals surface area (Å²) < 4.78 is 28.0. The van der Waals surface area contributed by atoms with Crippen molar-refractivity contribution < 1.29 is 13.6 Å². The fraction of sp³-hybridized carbons (Fsp3) is 0.333. The monoisotopic (exact) mass is 268 g/mol. The van der Waals surface area contributed by atoms with Crippen LogP contribution in [0.5, 0.6) is 0 Å². The maximum absolute atomic E-state index is 12.9. The molecule has 5 nitrogen and oxygen atoms in total. The molecule has 2 aromatic rings. The molecule has 0 saturated heterocycles. The van der Waals surface area contributed by atoms with Gasteiger partial charge in [-0.2, -0.15) is 13.9 Å². The van der Waals surface area contributed by atoms with Crippen LogP contribution in [0.15, 0.2) is 18.3 Å². The Labute approximate surface area is 108 Å². The van der Waals surface area contributed by atoms with Gasteiger partial charge in [-0.05, 0) is 26.0 Å². The molecule has 19 heavy (non-hydrogen) atoms. The molecule has 0 fully saturated rings. The fourth-order valence-electron chi connectivity index (χ4n) is 1.90. The van der Waals surface area contributed by atoms with E-state index in [4.69, 9.17) is 0 Å². The van der Waals surface area contributed by atoms with Crippen LogP contribution >= 0.6 is 0 Å². The number of anilines is 1. The minimum Gasteiger partial charge on any atom is -0.318 e. The third-order valence-electron chi connectivity index (χ3n) is 2.81. The molecule has 2 heterocycles. The Hall–Kier alpha value is -2.18. The van der Waals surface area contributed by atoms with Gasteiger partial charge in [-0.25, -0.2) is 0 Å². The molecular weight excluding hydrogens is 254 g/mol. The largest absolute Gasteiger partial charge is 0.319 e. The van der Waals surface area contributed by atoms with Gasteiger partial charge in [0.2, 0.25) is 0 Å². The molecule has 2 aromatic heterocycles. The highest BCUT2D eigenvalue weighted by atomic mass is 19.3. The summed E-state index contributed by atoms with van der Waals surface area (Å²) in [5.74, 6) is -0.579. The molecule has 0 aliphatic heterocycles. The average molecular weight is 268 g/mol. The number of nitrogens with zero attached hydrogens (tertiary/aromatic N) is 3. The van der Waals surface area contributed by atoms with E-state index in [0.717, 1.165) is 0 Å². The number of aromatic nitrogens is 3. The topological polar surface area (TPSA) is 51.9 Å². The molecule has 102 valence electrons. The molecule has 7 heteroatoms. The van der Waals surface area contributed by atoms with Crippen LogP contribution < -0.4 is 5.32 Å². The van der Waals surface area contributed by atoms with Crippen LogP contribution in [-0.2, 0) is 7.05 Å². The zero-order valence-corrected chi connectivity index (χ0v) is 10.8. The lowest BCUT2D eigenvalue weighted by Crippen LogP contribution is -2.18. The molecular formula is C12H14F2N4O. The van der Waals surface area contributed by atoms with Crippen molar-refractivity contribution in [2.24, 2.45) is 7.05 Å². The van der Waals surface area contributed by atoms with Crippen LogP contribution in [-0.4, -0.2) is 20.3 Å². The molecule has 0 aromatic carbocycles. The number of amides is 1. The average Bonchev–Trinajstić information content (AvgIpc) is 2.82. The number of alkyl halides is 2. The summed E-state index contributed by atoms with van der Waals surface area (Å²) in [6.07, 6.45) is 1.62. The first-order valence-corrected chi connectivity index (χ1v) is 5.67. The molecule has 0 saturated carbocycles. The number of rotatable bonds is 3. The van der Waals surface area contributed by atoms with Gasteiger partial charge in [-0.15, -0.1) is 0 Å². The number of halogens is 2. The van der Waals surface area contributed by atoms with E-state index < -0.39 is 12.5 Å². The number of carbonyl (C=O) groups excluding carboxylic acids is 1. The molecule has 1 N–H and O–H groups in total. The first kappa shape index (κ1) is 13.3. The SMILES string of the molecule is Cc1nn(C)cc1NC(=O)c1ccc(C)n1C(F)F. The van der Waals surface area contributed by atoms with Gasteiger partial charge >= 0.3 is 6.55 Å². The third kappa shape index (κ3) is 2.49. The summed E-state index contributed by atoms with van der Waals surface area (Å²) in [6, 6.07) is 2.86. The van der Waals surface area contributed by atoms with Crippen molar-refractivity contribution in [2.75, 3.05) is 5.32 Å². The van der Waals surface area contributed by atoms with Crippen LogP contribution in [0.4, 0.5) is 14.5 Å². The molecule has 0 unspecified atom stereocenters. The quantitative estimate of drug-likeness (QED) is 0.929. The Morgan fingerprint density at radius 2 is 2.05 bits per heavy atom. The number of nitrogens with one attached hydrogen (secondary N) is 1. The fourth-order valence-corrected chi connectivity index (χ4v) is 1.90. The third-order valence-corrected chi connectivity index (χ3v) is 2.81. The van der Waals surface area contributed by atoms with Crippen molar-refractivity contribution in [3.63, 3.8) is 0 Å². The Morgan fingerprint density at radius 3 is 2.58 bits per heavy atom. The van der Waals surface area contributed by atoms with Gasteiger partial charge in [0.05, 0.1) is 11.4 Å². The maximum atomic E-state index is 12.9. The van der Waals surface area contributed by atoms with Crippen LogP contribution in [0.25, 0.3) is 0 Å². The lowest BCUT2D eigenvalue weighted by Gasteiger charge is -2.10. The minimum atomic E-state index is -2.74. The molecule has 0 aliphatic carbocycles. The van der Waals surface area contributed by atoms with Gasteiger partial charge in [-0.1, -0.05) is 0 Å². The summed E-state index contributed by atoms with van der Waals surface area (Å²) in [5.41, 5.74) is 1.40. The van der Waals surface area contributed by atoms with E-state index in [1.165, 1.54) is 19.1 Å². The molecule has 0 atom stereocenters. The van der Waals surface area contributed by atoms with Gasteiger partial charge in [0.15, 0.2) is 0 Å². The minimum absolute atomic E-state index is 0.0734. The highest BCUT2D eigenvalue weighted by Gasteiger charge is 2.20. The van der Waals surface area contributed by atoms with Gasteiger partial charge < -0.3 is 5.32 Å². The van der Waals surface area contributed by atoms with Crippen molar-refractivity contribution in [3.05, 3.63) is 35.4 Å². The standard InChI is InChI=1S/C12H14F2N4O/c1-7-4-5-10(18(7)12(13)14)11(19)15-9-6-17(3)16-8(9)2/h4-6,12H,1-3H3,(H,15,19). The van der Waals surface area contributed by atoms with E-state index in [-0.39, 0.29) is 5.69 Å². The van der Waals surface area contributed by atoms with Crippen molar-refractivity contribution in [1.29, 1.82) is 0 Å². The van der Waals surface area contributed by atoms with E-state index >= 15 is 0 Å². The van der Waals surface area contributed by atoms with Crippen molar-refractivity contribution in [3.8, 4) is 0 Å². The van der Waals surface area contributed by atoms with Gasteiger partial charge in [0.1, 0.15) is 5.69 Å². The lowest BCUT2D eigenvalue weighted by atomic mass is 10.3. The Morgan fingerprint density at radius 1 is 1.37 bits per heavy atom. The second-order valence-electron chi connectivity index (χ2n) is 4.26. The van der Waals surface area contributed by atoms with Gasteiger partial charge in [-0.3, -0.25) is 14.0 Å². The molecule has 2 rings (SSSR count). The summed E-state index contributed by atoms with van der Waals surface area (Å²) in [6.45, 7) is 0.511. The summed E-state index contributed by atoms with van der Waals surface area (Å²) in [7, 11) is 1.72. The van der Waals surface area contributed by atoms with Crippen LogP contribution in [0, 0.1) is 13.8 Å². The molecule has 0 spiro atoms. The van der Waals surface area contributed by atoms with E-state index in [1.54, 1.807) is 24.9 Å². The van der Waals surface area contributed by atoms with Gasteiger partial charge in [0.25, 0.3) is 5.91 Å². The normalized spacial score (nSPS) is 11.1. The Bertz CT molecular complexity index is 615. The Kier molecular flexibility index (Phi) is 3.37. The lowest BCUT2D eigenvalue weighted by molar-refractivity contribution is 0.0632. The van der Waals surface area contributed by atoms with Gasteiger partial charge in [0, 0.05) is 18.9 Å². The zero-order valence-electron chi connectivity index (χ0n) is 10.8. The molecule has 1 amide bonds. The van der Waals surface area contributed by atoms with Crippen LogP contribution in [0.2, 0.25) is 0 Å². The summed E-state index contributed by atoms with van der Waals surface area (Å²) in [4.78, 5) is 12.0. The molecule has 0 radical (unpaired) electrons. The number of hydrogen-bond acceptors (Lipinski definition) is 2. The summed E-state index contributed by atoms with van der Waals surface area (Å²) in [5, 5.41) is 6.65. The number of aryl methyl sites for hydroxylation is 3. The van der Waals surface area contributed by atoms with Crippen LogP contribution in [0.3, 0.4) is 0 Å². The van der Waals surface area contributed by atoms with E-state index in [9.17, 15) is 13.6 Å². The van der Waals surface area contributed by atoms with Crippen LogP contribution in [0.1, 0.15) is 28.4 Å². The highest BCUT2D eigenvalue weighted by molar-refractivity contribution is 6.03. The predicted octanol–water partition coefficient (Wildman–Crippen LogP) is 2.49. The van der Waals surface area contributed by atoms with E-state index in [1.807, 2.05) is 0 Å². The van der Waals surface area contributed by atoms with E-state index in [2.05, 4.69) is 10.4 Å². The first-order valence-electron chi connectivity index (χ1n) is 5.67. The smallest absolute Gasteiger partial charge is 0.318 e. The number of carbonyl (C=O) groups is 1. The highest BCUT2D eigenvalue weighted by Crippen LogP contribution is 2.20. The second-order valence-corrected chi connectivity index (χ2v) is 4.26.